The lowest BCUT2D eigenvalue weighted by molar-refractivity contribution is -0.141. The number of rotatable bonds is 6. The van der Waals surface area contributed by atoms with Crippen LogP contribution in [0.3, 0.4) is 0 Å². The number of oxime groups is 1. The molecule has 0 saturated heterocycles. The van der Waals surface area contributed by atoms with E-state index < -0.39 is 0 Å². The number of nitrogens with zero attached hydrogens (tertiary/aromatic N) is 2. The van der Waals surface area contributed by atoms with Crippen molar-refractivity contribution in [3.63, 3.8) is 0 Å². The second-order valence-electron chi connectivity index (χ2n) is 5.95. The summed E-state index contributed by atoms with van der Waals surface area (Å²) >= 11 is 1.54. The van der Waals surface area contributed by atoms with E-state index in [1.54, 1.807) is 11.3 Å². The van der Waals surface area contributed by atoms with Gasteiger partial charge in [-0.2, -0.15) is 11.3 Å². The lowest BCUT2D eigenvalue weighted by atomic mass is 9.93. The van der Waals surface area contributed by atoms with Gasteiger partial charge in [0.15, 0.2) is 12.4 Å². The van der Waals surface area contributed by atoms with Crippen LogP contribution in [0.5, 0.6) is 0 Å². The molecule has 0 aliphatic heterocycles. The van der Waals surface area contributed by atoms with Gasteiger partial charge in [-0.3, -0.25) is 4.79 Å². The van der Waals surface area contributed by atoms with Crippen molar-refractivity contribution >= 4 is 23.1 Å². The number of amides is 1. The minimum atomic E-state index is -0.0560. The van der Waals surface area contributed by atoms with E-state index in [4.69, 9.17) is 10.6 Å². The molecule has 6 heteroatoms. The fraction of sp³-hybridized carbons (Fsp3) is 0.625. The van der Waals surface area contributed by atoms with E-state index >= 15 is 0 Å². The first kappa shape index (κ1) is 16.8. The van der Waals surface area contributed by atoms with Gasteiger partial charge < -0.3 is 15.5 Å². The molecule has 2 rings (SSSR count). The van der Waals surface area contributed by atoms with E-state index in [0.717, 1.165) is 18.4 Å². The number of nitrogens with two attached hydrogens (primary N) is 1. The highest BCUT2D eigenvalue weighted by molar-refractivity contribution is 7.08. The third kappa shape index (κ3) is 4.47. The van der Waals surface area contributed by atoms with Crippen molar-refractivity contribution < 1.29 is 9.63 Å². The second kappa shape index (κ2) is 8.17. The second-order valence-corrected chi connectivity index (χ2v) is 6.73. The van der Waals surface area contributed by atoms with Crippen LogP contribution in [0.15, 0.2) is 22.0 Å². The van der Waals surface area contributed by atoms with Crippen molar-refractivity contribution in [3.8, 4) is 0 Å². The van der Waals surface area contributed by atoms with Crippen molar-refractivity contribution in [2.24, 2.45) is 10.9 Å². The summed E-state index contributed by atoms with van der Waals surface area (Å²) in [5.74, 6) is 0.298. The molecule has 0 bridgehead atoms. The van der Waals surface area contributed by atoms with Crippen LogP contribution in [0, 0.1) is 0 Å². The fourth-order valence-electron chi connectivity index (χ4n) is 2.97. The monoisotopic (exact) mass is 323 g/mol. The highest BCUT2D eigenvalue weighted by atomic mass is 32.1. The summed E-state index contributed by atoms with van der Waals surface area (Å²) in [6.07, 6.45) is 5.85. The van der Waals surface area contributed by atoms with Gasteiger partial charge in [0.1, 0.15) is 0 Å². The van der Waals surface area contributed by atoms with Crippen LogP contribution in [-0.2, 0) is 9.63 Å². The molecule has 1 saturated carbocycles. The molecule has 1 amide bonds. The van der Waals surface area contributed by atoms with Crippen LogP contribution in [0.25, 0.3) is 0 Å². The van der Waals surface area contributed by atoms with Crippen molar-refractivity contribution in [2.45, 2.75) is 58.0 Å². The first-order valence-corrected chi connectivity index (χ1v) is 8.83. The molecule has 0 aromatic carbocycles. The smallest absolute Gasteiger partial charge is 0.263 e. The highest BCUT2D eigenvalue weighted by Gasteiger charge is 2.27. The van der Waals surface area contributed by atoms with Crippen LogP contribution in [-0.4, -0.2) is 35.3 Å². The topological polar surface area (TPSA) is 67.9 Å². The van der Waals surface area contributed by atoms with E-state index in [1.165, 1.54) is 19.3 Å². The van der Waals surface area contributed by atoms with Gasteiger partial charge in [-0.1, -0.05) is 24.4 Å². The summed E-state index contributed by atoms with van der Waals surface area (Å²) in [6, 6.07) is 2.39. The Labute approximate surface area is 136 Å². The van der Waals surface area contributed by atoms with Crippen molar-refractivity contribution in [1.82, 2.24) is 4.90 Å². The summed E-state index contributed by atoms with van der Waals surface area (Å²) in [5.41, 5.74) is 6.64. The molecule has 5 nitrogen and oxygen atoms in total. The fourth-order valence-corrected chi connectivity index (χ4v) is 3.62. The zero-order valence-electron chi connectivity index (χ0n) is 13.3. The first-order chi connectivity index (χ1) is 10.6. The van der Waals surface area contributed by atoms with E-state index in [0.29, 0.717) is 11.9 Å². The van der Waals surface area contributed by atoms with Gasteiger partial charge in [0.2, 0.25) is 0 Å². The van der Waals surface area contributed by atoms with Crippen LogP contribution in [0.2, 0.25) is 0 Å². The molecule has 1 aromatic heterocycles. The summed E-state index contributed by atoms with van der Waals surface area (Å²) in [6.45, 7) is 4.05. The largest absolute Gasteiger partial charge is 0.384 e. The average Bonchev–Trinajstić information content (AvgIpc) is 3.02. The quantitative estimate of drug-likeness (QED) is 0.497. The number of carbonyl (C=O) groups is 1. The molecule has 1 aromatic rings. The lowest BCUT2D eigenvalue weighted by Gasteiger charge is -2.37. The Morgan fingerprint density at radius 2 is 2.18 bits per heavy atom. The maximum Gasteiger partial charge on any atom is 0.263 e. The van der Waals surface area contributed by atoms with E-state index in [-0.39, 0.29) is 18.6 Å². The molecule has 1 aliphatic carbocycles. The van der Waals surface area contributed by atoms with Crippen LogP contribution in [0.4, 0.5) is 0 Å². The summed E-state index contributed by atoms with van der Waals surface area (Å²) in [4.78, 5) is 19.6. The minimum absolute atomic E-state index is 0.0104. The van der Waals surface area contributed by atoms with E-state index in [9.17, 15) is 4.79 Å². The van der Waals surface area contributed by atoms with Gasteiger partial charge in [-0.15, -0.1) is 0 Å². The lowest BCUT2D eigenvalue weighted by Crippen LogP contribution is -2.47. The third-order valence-electron chi connectivity index (χ3n) is 3.98. The first-order valence-electron chi connectivity index (χ1n) is 7.88. The molecule has 0 spiro atoms. The van der Waals surface area contributed by atoms with Crippen molar-refractivity contribution in [3.05, 3.63) is 22.4 Å². The zero-order chi connectivity index (χ0) is 15.9. The standard InChI is InChI=1S/C16H25N3O2S/c1-12(2)19(14-6-4-3-5-7-14)15(20)10-21-18-16(17)13-8-9-22-11-13/h8-9,11-12,14H,3-7,10H2,1-2H3,(H2,17,18). The Morgan fingerprint density at radius 1 is 1.45 bits per heavy atom. The Balaban J connectivity index is 1.89. The Morgan fingerprint density at radius 3 is 2.77 bits per heavy atom. The Hall–Kier alpha value is -1.56. The van der Waals surface area contributed by atoms with Crippen LogP contribution >= 0.6 is 11.3 Å². The predicted octanol–water partition coefficient (Wildman–Crippen LogP) is 2.95. The Kier molecular flexibility index (Phi) is 6.24. The number of hydrogen-bond donors (Lipinski definition) is 1. The Bertz CT molecular complexity index is 493. The molecule has 0 atom stereocenters. The van der Waals surface area contributed by atoms with E-state index in [1.807, 2.05) is 21.7 Å². The number of carbonyl (C=O) groups excluding carboxylic acids is 1. The molecule has 1 heterocycles. The molecular formula is C16H25N3O2S. The number of hydrogen-bond acceptors (Lipinski definition) is 4. The number of thiophene rings is 1. The molecule has 122 valence electrons. The van der Waals surface area contributed by atoms with Gasteiger partial charge in [0.25, 0.3) is 5.91 Å². The van der Waals surface area contributed by atoms with Gasteiger partial charge in [-0.05, 0) is 38.1 Å². The summed E-state index contributed by atoms with van der Waals surface area (Å²) in [5, 5.41) is 7.67. The molecule has 2 N–H and O–H groups in total. The van der Waals surface area contributed by atoms with Crippen LogP contribution in [0.1, 0.15) is 51.5 Å². The maximum atomic E-state index is 12.4. The molecule has 1 aliphatic rings. The minimum Gasteiger partial charge on any atom is -0.384 e. The SMILES string of the molecule is CC(C)N(C(=O)CO/N=C(/N)c1ccsc1)C1CCCCC1. The summed E-state index contributed by atoms with van der Waals surface area (Å²) in [7, 11) is 0. The average molecular weight is 323 g/mol. The molecular weight excluding hydrogens is 298 g/mol. The van der Waals surface area contributed by atoms with Gasteiger partial charge in [0, 0.05) is 23.0 Å². The van der Waals surface area contributed by atoms with E-state index in [2.05, 4.69) is 19.0 Å². The molecule has 1 fully saturated rings. The van der Waals surface area contributed by atoms with Gasteiger partial charge >= 0.3 is 0 Å². The van der Waals surface area contributed by atoms with Gasteiger partial charge in [0.05, 0.1) is 0 Å². The van der Waals surface area contributed by atoms with Gasteiger partial charge in [-0.25, -0.2) is 0 Å². The van der Waals surface area contributed by atoms with Crippen molar-refractivity contribution in [1.29, 1.82) is 0 Å². The molecule has 0 radical (unpaired) electrons. The zero-order valence-corrected chi connectivity index (χ0v) is 14.1. The molecule has 22 heavy (non-hydrogen) atoms. The predicted molar refractivity (Wildman–Crippen MR) is 89.9 cm³/mol. The van der Waals surface area contributed by atoms with Crippen LogP contribution < -0.4 is 5.73 Å². The highest BCUT2D eigenvalue weighted by Crippen LogP contribution is 2.24. The van der Waals surface area contributed by atoms with Crippen molar-refractivity contribution in [2.75, 3.05) is 6.61 Å². The molecule has 0 unspecified atom stereocenters. The normalized spacial score (nSPS) is 16.8. The summed E-state index contributed by atoms with van der Waals surface area (Å²) < 4.78 is 0. The number of amidine groups is 1. The maximum absolute atomic E-state index is 12.4. The third-order valence-corrected chi connectivity index (χ3v) is 4.66.